The molecule has 0 amide bonds. The van der Waals surface area contributed by atoms with Crippen LogP contribution in [0.2, 0.25) is 0 Å². The molecule has 0 aromatic rings. The summed E-state index contributed by atoms with van der Waals surface area (Å²) in [6.45, 7) is 31.8. The molecule has 0 aliphatic rings. The Morgan fingerprint density at radius 1 is 0.762 bits per heavy atom. The van der Waals surface area contributed by atoms with Crippen molar-refractivity contribution in [2.24, 2.45) is 5.73 Å². The van der Waals surface area contributed by atoms with E-state index >= 15 is 0 Å². The van der Waals surface area contributed by atoms with Gasteiger partial charge in [-0.05, 0) is 26.7 Å². The average molecular weight is 306 g/mol. The number of nitrogens with two attached hydrogens (primary N) is 1. The Balaban J connectivity index is -0.0000000237. The number of hydrogen-bond donors (Lipinski definition) is 1. The van der Waals surface area contributed by atoms with Gasteiger partial charge in [-0.15, -0.1) is 6.58 Å². The van der Waals surface area contributed by atoms with E-state index in [-0.39, 0.29) is 0 Å². The molecule has 2 N–H and O–H groups in total. The number of hydrogen-bond acceptors (Lipinski definition) is 1. The first-order valence-corrected chi connectivity index (χ1v) is 9.11. The summed E-state index contributed by atoms with van der Waals surface area (Å²) >= 11 is 0. The van der Waals surface area contributed by atoms with Crippen LogP contribution in [0, 0.1) is 0 Å². The van der Waals surface area contributed by atoms with Gasteiger partial charge in [-0.2, -0.15) is 0 Å². The largest absolute Gasteiger partial charge is 0.403 e. The van der Waals surface area contributed by atoms with E-state index in [0.717, 1.165) is 18.5 Å². The lowest BCUT2D eigenvalue weighted by atomic mass is 10.3. The molecule has 0 aliphatic carbocycles. The summed E-state index contributed by atoms with van der Waals surface area (Å²) in [6, 6.07) is 0. The first-order chi connectivity index (χ1) is 10.0. The Kier molecular flexibility index (Phi) is 191. The second-order valence-electron chi connectivity index (χ2n) is 2.67. The third-order valence-electron chi connectivity index (χ3n) is 1.13. The molecular formula is C20H51N. The van der Waals surface area contributed by atoms with E-state index in [9.17, 15) is 0 Å². The zero-order valence-electron chi connectivity index (χ0n) is 18.3. The highest BCUT2D eigenvalue weighted by Gasteiger charge is 1.68. The fraction of sp³-hybridized carbons (Fsp3) is 0.800. The monoisotopic (exact) mass is 305 g/mol. The smallest absolute Gasteiger partial charge is 0.000822 e. The molecule has 0 atom stereocenters. The second kappa shape index (κ2) is 94.0. The van der Waals surface area contributed by atoms with E-state index in [2.05, 4.69) is 20.4 Å². The molecule has 136 valence electrons. The molecule has 0 aliphatic heterocycles. The van der Waals surface area contributed by atoms with Crippen LogP contribution >= 0.6 is 0 Å². The molecule has 0 unspecified atom stereocenters. The molecule has 1 nitrogen and oxygen atoms in total. The molecule has 0 saturated heterocycles. The highest BCUT2D eigenvalue weighted by atomic mass is 14.5. The minimum absolute atomic E-state index is 0.914. The number of rotatable bonds is 2. The topological polar surface area (TPSA) is 26.0 Å². The first-order valence-electron chi connectivity index (χ1n) is 9.11. The van der Waals surface area contributed by atoms with Gasteiger partial charge in [0.05, 0.1) is 0 Å². The van der Waals surface area contributed by atoms with Gasteiger partial charge in [0, 0.05) is 5.70 Å². The van der Waals surface area contributed by atoms with Crippen molar-refractivity contribution in [2.75, 3.05) is 0 Å². The van der Waals surface area contributed by atoms with Crippen molar-refractivity contribution in [3.63, 3.8) is 0 Å². The lowest BCUT2D eigenvalue weighted by Gasteiger charge is -1.81. The predicted octanol–water partition coefficient (Wildman–Crippen LogP) is 8.36. The normalized spacial score (nSPS) is 6.67. The van der Waals surface area contributed by atoms with Gasteiger partial charge in [-0.3, -0.25) is 0 Å². The maximum atomic E-state index is 5.26. The van der Waals surface area contributed by atoms with E-state index in [4.69, 9.17) is 5.73 Å². The molecule has 0 aromatic heterocycles. The van der Waals surface area contributed by atoms with Crippen molar-refractivity contribution in [2.45, 2.75) is 110 Å². The molecular weight excluding hydrogens is 254 g/mol. The molecule has 21 heavy (non-hydrogen) atoms. The van der Waals surface area contributed by atoms with Crippen LogP contribution in [0.5, 0.6) is 0 Å². The van der Waals surface area contributed by atoms with E-state index in [1.54, 1.807) is 0 Å². The lowest BCUT2D eigenvalue weighted by Crippen LogP contribution is -1.87. The van der Waals surface area contributed by atoms with Crippen molar-refractivity contribution < 1.29 is 0 Å². The van der Waals surface area contributed by atoms with E-state index in [1.807, 2.05) is 89.2 Å². The Morgan fingerprint density at radius 2 is 0.952 bits per heavy atom. The fourth-order valence-electron chi connectivity index (χ4n) is 0.322. The van der Waals surface area contributed by atoms with Crippen LogP contribution in [0.15, 0.2) is 23.9 Å². The minimum atomic E-state index is 0.914. The molecule has 0 saturated carbocycles. The van der Waals surface area contributed by atoms with Gasteiger partial charge in [0.1, 0.15) is 0 Å². The zero-order chi connectivity index (χ0) is 19.3. The maximum absolute atomic E-state index is 5.26. The van der Waals surface area contributed by atoms with Crippen LogP contribution in [0.25, 0.3) is 0 Å². The van der Waals surface area contributed by atoms with E-state index in [0.29, 0.717) is 0 Å². The van der Waals surface area contributed by atoms with Crippen LogP contribution in [0.1, 0.15) is 110 Å². The van der Waals surface area contributed by atoms with Crippen LogP contribution in [-0.4, -0.2) is 0 Å². The molecule has 0 aromatic carbocycles. The van der Waals surface area contributed by atoms with Crippen LogP contribution < -0.4 is 5.73 Å². The maximum Gasteiger partial charge on any atom is 0.000822 e. The SMILES string of the molecule is C=C(C)CC.CC.CC.CC.CC.CC.CC/C=C(\C)N. The first kappa shape index (κ1) is 42.7. The average Bonchev–Trinajstić information content (AvgIpc) is 2.57. The van der Waals surface area contributed by atoms with Crippen LogP contribution in [0.4, 0.5) is 0 Å². The number of allylic oxidation sites excluding steroid dienone is 3. The fourth-order valence-corrected chi connectivity index (χ4v) is 0.322. The molecule has 0 fully saturated rings. The summed E-state index contributed by atoms with van der Waals surface area (Å²) in [5.41, 5.74) is 7.43. The van der Waals surface area contributed by atoms with Crippen molar-refractivity contribution in [3.05, 3.63) is 23.9 Å². The van der Waals surface area contributed by atoms with Crippen LogP contribution in [0.3, 0.4) is 0 Å². The standard InChI is InChI=1S/C5H11N.C5H10.5C2H6/c1-3-4-5(2)6;1-4-5(2)3;5*1-2/h4H,3,6H2,1-2H3;2,4H2,1,3H3;5*1-2H3/b5-4+;;;;;;. The Labute approximate surface area is 140 Å². The van der Waals surface area contributed by atoms with Crippen molar-refractivity contribution in [1.82, 2.24) is 0 Å². The highest BCUT2D eigenvalue weighted by molar-refractivity contribution is 4.89. The third-order valence-corrected chi connectivity index (χ3v) is 1.13. The van der Waals surface area contributed by atoms with Gasteiger partial charge >= 0.3 is 0 Å². The zero-order valence-corrected chi connectivity index (χ0v) is 18.3. The van der Waals surface area contributed by atoms with Gasteiger partial charge in [0.2, 0.25) is 0 Å². The molecule has 0 rings (SSSR count). The molecule has 0 radical (unpaired) electrons. The summed E-state index contributed by atoms with van der Waals surface area (Å²) in [6.07, 6.45) is 4.14. The minimum Gasteiger partial charge on any atom is -0.403 e. The van der Waals surface area contributed by atoms with E-state index in [1.165, 1.54) is 5.57 Å². The summed E-state index contributed by atoms with van der Waals surface area (Å²) < 4.78 is 0. The Bertz CT molecular complexity index is 120. The summed E-state index contributed by atoms with van der Waals surface area (Å²) in [4.78, 5) is 0. The summed E-state index contributed by atoms with van der Waals surface area (Å²) in [5, 5.41) is 0. The quantitative estimate of drug-likeness (QED) is 0.509. The van der Waals surface area contributed by atoms with Gasteiger partial charge in [0.15, 0.2) is 0 Å². The molecule has 1 heteroatoms. The van der Waals surface area contributed by atoms with Crippen molar-refractivity contribution in [1.29, 1.82) is 0 Å². The molecule has 0 bridgehead atoms. The third kappa shape index (κ3) is 314. The molecule has 0 heterocycles. The molecule has 0 spiro atoms. The lowest BCUT2D eigenvalue weighted by molar-refractivity contribution is 1.11. The van der Waals surface area contributed by atoms with Crippen molar-refractivity contribution >= 4 is 0 Å². The summed E-state index contributed by atoms with van der Waals surface area (Å²) in [7, 11) is 0. The van der Waals surface area contributed by atoms with Gasteiger partial charge < -0.3 is 5.73 Å². The predicted molar refractivity (Wildman–Crippen MR) is 110 cm³/mol. The van der Waals surface area contributed by atoms with Crippen molar-refractivity contribution in [3.8, 4) is 0 Å². The van der Waals surface area contributed by atoms with Gasteiger partial charge in [-0.1, -0.05) is 94.7 Å². The van der Waals surface area contributed by atoms with Gasteiger partial charge in [0.25, 0.3) is 0 Å². The Morgan fingerprint density at radius 3 is 0.952 bits per heavy atom. The van der Waals surface area contributed by atoms with Gasteiger partial charge in [-0.25, -0.2) is 0 Å². The second-order valence-corrected chi connectivity index (χ2v) is 2.67. The Hall–Kier alpha value is -0.720. The van der Waals surface area contributed by atoms with Crippen LogP contribution in [-0.2, 0) is 0 Å². The summed E-state index contributed by atoms with van der Waals surface area (Å²) in [5.74, 6) is 0. The highest BCUT2D eigenvalue weighted by Crippen LogP contribution is 1.88. The van der Waals surface area contributed by atoms with E-state index < -0.39 is 0 Å².